The van der Waals surface area contributed by atoms with Crippen molar-refractivity contribution in [2.45, 2.75) is 25.8 Å². The molecular weight excluding hydrogens is 286 g/mol. The van der Waals surface area contributed by atoms with Crippen LogP contribution in [0.3, 0.4) is 0 Å². The summed E-state index contributed by atoms with van der Waals surface area (Å²) in [6, 6.07) is 7.99. The number of aromatic amines is 1. The molecule has 0 bridgehead atoms. The van der Waals surface area contributed by atoms with Crippen LogP contribution in [0.1, 0.15) is 25.0 Å². The van der Waals surface area contributed by atoms with Crippen LogP contribution in [0, 0.1) is 0 Å². The molecule has 4 nitrogen and oxygen atoms in total. The van der Waals surface area contributed by atoms with Crippen LogP contribution < -0.4 is 5.32 Å². The Kier molecular flexibility index (Phi) is 4.46. The molecule has 1 aromatic carbocycles. The normalized spacial score (nSPS) is 15.0. The molecule has 1 aliphatic heterocycles. The van der Waals surface area contributed by atoms with Crippen LogP contribution in [0.2, 0.25) is 5.02 Å². The number of benzene rings is 1. The molecule has 0 aliphatic carbocycles. The minimum atomic E-state index is 0.253. The van der Waals surface area contributed by atoms with Crippen molar-refractivity contribution in [3.05, 3.63) is 35.0 Å². The van der Waals surface area contributed by atoms with E-state index < -0.39 is 0 Å². The van der Waals surface area contributed by atoms with Gasteiger partial charge in [-0.05, 0) is 18.9 Å². The van der Waals surface area contributed by atoms with E-state index in [1.165, 1.54) is 0 Å². The van der Waals surface area contributed by atoms with Gasteiger partial charge < -0.3 is 15.2 Å². The molecule has 0 unspecified atom stereocenters. The highest BCUT2D eigenvalue weighted by atomic mass is 35.5. The van der Waals surface area contributed by atoms with Crippen molar-refractivity contribution in [1.82, 2.24) is 15.2 Å². The highest BCUT2D eigenvalue weighted by molar-refractivity contribution is 6.36. The quantitative estimate of drug-likeness (QED) is 0.835. The Balaban J connectivity index is 1.50. The molecule has 1 fully saturated rings. The van der Waals surface area contributed by atoms with Crippen LogP contribution in [-0.2, 0) is 11.3 Å². The van der Waals surface area contributed by atoms with E-state index >= 15 is 0 Å². The van der Waals surface area contributed by atoms with Crippen molar-refractivity contribution in [1.29, 1.82) is 0 Å². The average molecular weight is 306 g/mol. The number of aromatic nitrogens is 1. The molecule has 0 spiro atoms. The van der Waals surface area contributed by atoms with Gasteiger partial charge in [0.05, 0.1) is 5.02 Å². The van der Waals surface area contributed by atoms with Crippen LogP contribution in [0.15, 0.2) is 24.3 Å². The Morgan fingerprint density at radius 2 is 2.05 bits per heavy atom. The maximum atomic E-state index is 11.9. The zero-order valence-electron chi connectivity index (χ0n) is 12.0. The third kappa shape index (κ3) is 3.22. The predicted octanol–water partition coefficient (Wildman–Crippen LogP) is 2.92. The van der Waals surface area contributed by atoms with Crippen molar-refractivity contribution in [2.75, 3.05) is 19.6 Å². The lowest BCUT2D eigenvalue weighted by Crippen LogP contribution is -2.30. The lowest BCUT2D eigenvalue weighted by molar-refractivity contribution is -0.130. The van der Waals surface area contributed by atoms with E-state index in [0.717, 1.165) is 47.6 Å². The Morgan fingerprint density at radius 1 is 1.29 bits per heavy atom. The van der Waals surface area contributed by atoms with Crippen LogP contribution in [0.5, 0.6) is 0 Å². The third-order valence-electron chi connectivity index (χ3n) is 3.99. The second kappa shape index (κ2) is 6.50. The number of amides is 1. The average Bonchev–Trinajstić information content (AvgIpc) is 3.13. The smallest absolute Gasteiger partial charge is 0.223 e. The van der Waals surface area contributed by atoms with E-state index in [-0.39, 0.29) is 5.91 Å². The first-order chi connectivity index (χ1) is 10.3. The summed E-state index contributed by atoms with van der Waals surface area (Å²) in [6.45, 7) is 3.18. The van der Waals surface area contributed by atoms with Gasteiger partial charge in [0.25, 0.3) is 0 Å². The number of nitrogens with zero attached hydrogens (tertiary/aromatic N) is 1. The fraction of sp³-hybridized carbons (Fsp3) is 0.438. The number of H-pyrrole nitrogens is 1. The van der Waals surface area contributed by atoms with Gasteiger partial charge in [-0.15, -0.1) is 0 Å². The van der Waals surface area contributed by atoms with Crippen molar-refractivity contribution < 1.29 is 4.79 Å². The molecule has 2 aromatic rings. The molecular formula is C16H20ClN3O. The first-order valence-corrected chi connectivity index (χ1v) is 7.87. The predicted molar refractivity (Wildman–Crippen MR) is 85.4 cm³/mol. The molecule has 112 valence electrons. The van der Waals surface area contributed by atoms with Gasteiger partial charge >= 0.3 is 0 Å². The summed E-state index contributed by atoms with van der Waals surface area (Å²) < 4.78 is 0. The molecule has 1 amide bonds. The first-order valence-electron chi connectivity index (χ1n) is 7.49. The third-order valence-corrected chi connectivity index (χ3v) is 4.42. The Morgan fingerprint density at radius 3 is 2.81 bits per heavy atom. The minimum absolute atomic E-state index is 0.253. The van der Waals surface area contributed by atoms with Crippen LogP contribution in [0.25, 0.3) is 10.9 Å². The summed E-state index contributed by atoms with van der Waals surface area (Å²) >= 11 is 6.36. The van der Waals surface area contributed by atoms with Gasteiger partial charge in [-0.25, -0.2) is 0 Å². The molecule has 5 heteroatoms. The van der Waals surface area contributed by atoms with E-state index in [9.17, 15) is 4.79 Å². The number of likely N-dealkylation sites (tertiary alicyclic amines) is 1. The lowest BCUT2D eigenvalue weighted by atomic mass is 10.2. The lowest BCUT2D eigenvalue weighted by Gasteiger charge is -2.15. The number of rotatable bonds is 5. The van der Waals surface area contributed by atoms with Gasteiger partial charge in [0.15, 0.2) is 0 Å². The van der Waals surface area contributed by atoms with Gasteiger partial charge in [-0.1, -0.05) is 29.8 Å². The van der Waals surface area contributed by atoms with Gasteiger partial charge in [-0.3, -0.25) is 4.79 Å². The largest absolute Gasteiger partial charge is 0.356 e. The standard InChI is InChI=1S/C16H20ClN3O/c17-16-12-5-1-2-6-13(12)19-14(16)11-18-8-7-15(21)20-9-3-4-10-20/h1-2,5-6,18-19H,3-4,7-11H2. The highest BCUT2D eigenvalue weighted by Crippen LogP contribution is 2.26. The van der Waals surface area contributed by atoms with Gasteiger partial charge in [0.1, 0.15) is 0 Å². The van der Waals surface area contributed by atoms with E-state index in [0.29, 0.717) is 19.5 Å². The number of hydrogen-bond donors (Lipinski definition) is 2. The summed E-state index contributed by atoms with van der Waals surface area (Å²) in [4.78, 5) is 17.2. The molecule has 1 aromatic heterocycles. The monoisotopic (exact) mass is 305 g/mol. The minimum Gasteiger partial charge on any atom is -0.356 e. The number of carbonyl (C=O) groups excluding carboxylic acids is 1. The zero-order chi connectivity index (χ0) is 14.7. The Bertz CT molecular complexity index is 631. The van der Waals surface area contributed by atoms with E-state index in [4.69, 9.17) is 11.6 Å². The number of carbonyl (C=O) groups is 1. The molecule has 2 heterocycles. The van der Waals surface area contributed by atoms with Crippen molar-refractivity contribution in [2.24, 2.45) is 0 Å². The topological polar surface area (TPSA) is 48.1 Å². The first kappa shape index (κ1) is 14.4. The molecule has 2 N–H and O–H groups in total. The number of fused-ring (bicyclic) bond motifs is 1. The summed E-state index contributed by atoms with van der Waals surface area (Å²) in [6.07, 6.45) is 2.84. The maximum absolute atomic E-state index is 11.9. The van der Waals surface area contributed by atoms with Crippen LogP contribution in [0.4, 0.5) is 0 Å². The molecule has 0 saturated carbocycles. The zero-order valence-corrected chi connectivity index (χ0v) is 12.7. The fourth-order valence-corrected chi connectivity index (χ4v) is 3.10. The molecule has 3 rings (SSSR count). The number of hydrogen-bond acceptors (Lipinski definition) is 2. The molecule has 0 radical (unpaired) electrons. The SMILES string of the molecule is O=C(CCNCc1[nH]c2ccccc2c1Cl)N1CCCC1. The van der Waals surface area contributed by atoms with E-state index in [1.54, 1.807) is 0 Å². The van der Waals surface area contributed by atoms with Crippen molar-refractivity contribution in [3.63, 3.8) is 0 Å². The second-order valence-electron chi connectivity index (χ2n) is 5.48. The van der Waals surface area contributed by atoms with E-state index in [1.807, 2.05) is 29.2 Å². The number of nitrogens with one attached hydrogen (secondary N) is 2. The Hall–Kier alpha value is -1.52. The van der Waals surface area contributed by atoms with Crippen LogP contribution in [-0.4, -0.2) is 35.4 Å². The molecule has 1 saturated heterocycles. The van der Waals surface area contributed by atoms with E-state index in [2.05, 4.69) is 10.3 Å². The number of halogens is 1. The van der Waals surface area contributed by atoms with Gasteiger partial charge in [-0.2, -0.15) is 0 Å². The highest BCUT2D eigenvalue weighted by Gasteiger charge is 2.17. The summed E-state index contributed by atoms with van der Waals surface area (Å²) in [5, 5.41) is 5.11. The number of para-hydroxylation sites is 1. The maximum Gasteiger partial charge on any atom is 0.223 e. The van der Waals surface area contributed by atoms with Crippen molar-refractivity contribution >= 4 is 28.4 Å². The van der Waals surface area contributed by atoms with Gasteiger partial charge in [0.2, 0.25) is 5.91 Å². The summed E-state index contributed by atoms with van der Waals surface area (Å²) in [7, 11) is 0. The summed E-state index contributed by atoms with van der Waals surface area (Å²) in [5.74, 6) is 0.253. The fourth-order valence-electron chi connectivity index (χ4n) is 2.82. The van der Waals surface area contributed by atoms with Crippen LogP contribution >= 0.6 is 11.6 Å². The molecule has 1 aliphatic rings. The second-order valence-corrected chi connectivity index (χ2v) is 5.86. The molecule has 21 heavy (non-hydrogen) atoms. The Labute approximate surface area is 129 Å². The molecule has 0 atom stereocenters. The van der Waals surface area contributed by atoms with Gasteiger partial charge in [0, 0.05) is 49.2 Å². The summed E-state index contributed by atoms with van der Waals surface area (Å²) in [5.41, 5.74) is 2.03. The van der Waals surface area contributed by atoms with Crippen molar-refractivity contribution in [3.8, 4) is 0 Å².